The van der Waals surface area contributed by atoms with Gasteiger partial charge in [0.2, 0.25) is 0 Å². The van der Waals surface area contributed by atoms with Gasteiger partial charge in [-0.05, 0) is 25.5 Å². The summed E-state index contributed by atoms with van der Waals surface area (Å²) in [5.74, 6) is 0.547. The van der Waals surface area contributed by atoms with Crippen molar-refractivity contribution in [3.8, 4) is 5.69 Å². The first-order valence-electron chi connectivity index (χ1n) is 6.99. The molecule has 2 amide bonds. The first kappa shape index (κ1) is 13.6. The van der Waals surface area contributed by atoms with Gasteiger partial charge in [-0.3, -0.25) is 5.32 Å². The summed E-state index contributed by atoms with van der Waals surface area (Å²) < 4.78 is 1.74. The van der Waals surface area contributed by atoms with Gasteiger partial charge in [-0.25, -0.2) is 9.48 Å². The monoisotopic (exact) mass is 286 g/mol. The molecule has 110 valence electrons. The number of carbonyl (C=O) groups is 1. The number of hydrogen-bond donors (Lipinski definition) is 2. The molecule has 0 bridgehead atoms. The fourth-order valence-electron chi connectivity index (χ4n) is 2.40. The zero-order valence-corrected chi connectivity index (χ0v) is 11.9. The fourth-order valence-corrected chi connectivity index (χ4v) is 2.40. The number of benzene rings is 1. The lowest BCUT2D eigenvalue weighted by molar-refractivity contribution is 0.176. The minimum atomic E-state index is -0.418. The van der Waals surface area contributed by atoms with E-state index in [1.54, 1.807) is 9.58 Å². The summed E-state index contributed by atoms with van der Waals surface area (Å²) in [6.07, 6.45) is 2.09. The number of para-hydroxylation sites is 1. The van der Waals surface area contributed by atoms with Crippen LogP contribution < -0.4 is 5.32 Å². The van der Waals surface area contributed by atoms with Crippen molar-refractivity contribution in [3.05, 3.63) is 42.1 Å². The van der Waals surface area contributed by atoms with Gasteiger partial charge >= 0.3 is 6.03 Å². The van der Waals surface area contributed by atoms with Crippen LogP contribution in [0.4, 0.5) is 10.6 Å². The molecule has 0 radical (unpaired) electrons. The molecule has 3 rings (SSSR count). The fraction of sp³-hybridized carbons (Fsp3) is 0.333. The molecule has 0 unspecified atom stereocenters. The van der Waals surface area contributed by atoms with Crippen molar-refractivity contribution in [2.75, 3.05) is 18.4 Å². The van der Waals surface area contributed by atoms with Gasteiger partial charge in [0, 0.05) is 24.8 Å². The number of aliphatic hydroxyl groups is 1. The molecule has 6 heteroatoms. The number of β-amino-alcohol motifs (C(OH)–C–C–N with tert-alkyl or cyclic N) is 1. The molecular formula is C15H18N4O2. The van der Waals surface area contributed by atoms with Crippen LogP contribution in [0.5, 0.6) is 0 Å². The Bertz CT molecular complexity index is 638. The Kier molecular flexibility index (Phi) is 3.62. The van der Waals surface area contributed by atoms with E-state index in [1.807, 2.05) is 43.5 Å². The molecular weight excluding hydrogens is 268 g/mol. The van der Waals surface area contributed by atoms with Gasteiger partial charge in [-0.2, -0.15) is 0 Å². The minimum absolute atomic E-state index is 0.215. The third-order valence-electron chi connectivity index (χ3n) is 3.59. The van der Waals surface area contributed by atoms with Crippen molar-refractivity contribution in [3.63, 3.8) is 0 Å². The van der Waals surface area contributed by atoms with Crippen LogP contribution in [-0.2, 0) is 0 Å². The van der Waals surface area contributed by atoms with Crippen molar-refractivity contribution >= 4 is 11.8 Å². The summed E-state index contributed by atoms with van der Waals surface area (Å²) in [7, 11) is 0. The number of aliphatic hydroxyl groups excluding tert-OH is 1. The summed E-state index contributed by atoms with van der Waals surface area (Å²) in [4.78, 5) is 13.7. The molecule has 1 aromatic carbocycles. The van der Waals surface area contributed by atoms with Crippen molar-refractivity contribution in [2.24, 2.45) is 0 Å². The van der Waals surface area contributed by atoms with Crippen LogP contribution in [0.1, 0.15) is 12.0 Å². The number of aromatic nitrogens is 2. The maximum atomic E-state index is 12.1. The van der Waals surface area contributed by atoms with Crippen LogP contribution in [0.15, 0.2) is 36.5 Å². The van der Waals surface area contributed by atoms with Crippen molar-refractivity contribution in [2.45, 2.75) is 19.4 Å². The van der Waals surface area contributed by atoms with Gasteiger partial charge < -0.3 is 10.0 Å². The van der Waals surface area contributed by atoms with Crippen molar-refractivity contribution < 1.29 is 9.90 Å². The van der Waals surface area contributed by atoms with Gasteiger partial charge in [0.15, 0.2) is 5.82 Å². The van der Waals surface area contributed by atoms with Crippen molar-refractivity contribution in [1.82, 2.24) is 14.7 Å². The van der Waals surface area contributed by atoms with E-state index in [1.165, 1.54) is 0 Å². The number of hydrogen-bond acceptors (Lipinski definition) is 3. The van der Waals surface area contributed by atoms with Crippen LogP contribution in [0.2, 0.25) is 0 Å². The van der Waals surface area contributed by atoms with E-state index in [-0.39, 0.29) is 6.03 Å². The Morgan fingerprint density at radius 2 is 2.14 bits per heavy atom. The van der Waals surface area contributed by atoms with E-state index in [9.17, 15) is 9.90 Å². The third-order valence-corrected chi connectivity index (χ3v) is 3.59. The number of aryl methyl sites for hydroxylation is 1. The maximum Gasteiger partial charge on any atom is 0.323 e. The smallest absolute Gasteiger partial charge is 0.323 e. The van der Waals surface area contributed by atoms with Crippen LogP contribution in [0.3, 0.4) is 0 Å². The van der Waals surface area contributed by atoms with E-state index in [4.69, 9.17) is 0 Å². The highest BCUT2D eigenvalue weighted by Gasteiger charge is 2.25. The second-order valence-corrected chi connectivity index (χ2v) is 5.26. The van der Waals surface area contributed by atoms with E-state index in [0.717, 1.165) is 11.3 Å². The molecule has 1 aromatic heterocycles. The number of anilines is 1. The molecule has 1 fully saturated rings. The second-order valence-electron chi connectivity index (χ2n) is 5.26. The second kappa shape index (κ2) is 5.57. The lowest BCUT2D eigenvalue weighted by Gasteiger charge is -2.15. The van der Waals surface area contributed by atoms with Gasteiger partial charge in [0.05, 0.1) is 11.8 Å². The highest BCUT2D eigenvalue weighted by Crippen LogP contribution is 2.17. The van der Waals surface area contributed by atoms with Crippen LogP contribution >= 0.6 is 0 Å². The zero-order valence-electron chi connectivity index (χ0n) is 11.9. The summed E-state index contributed by atoms with van der Waals surface area (Å²) >= 11 is 0. The number of nitrogens with one attached hydrogen (secondary N) is 1. The molecule has 6 nitrogen and oxygen atoms in total. The van der Waals surface area contributed by atoms with E-state index < -0.39 is 6.10 Å². The maximum absolute atomic E-state index is 12.1. The molecule has 2 heterocycles. The molecule has 2 aromatic rings. The number of carbonyl (C=O) groups excluding carboxylic acids is 1. The summed E-state index contributed by atoms with van der Waals surface area (Å²) in [5, 5.41) is 16.7. The Labute approximate surface area is 123 Å². The quantitative estimate of drug-likeness (QED) is 0.884. The predicted molar refractivity (Wildman–Crippen MR) is 79.5 cm³/mol. The zero-order chi connectivity index (χ0) is 14.8. The first-order chi connectivity index (χ1) is 10.1. The van der Waals surface area contributed by atoms with Crippen molar-refractivity contribution in [1.29, 1.82) is 0 Å². The Balaban J connectivity index is 1.74. The molecule has 1 aliphatic rings. The van der Waals surface area contributed by atoms with E-state index in [2.05, 4.69) is 10.4 Å². The van der Waals surface area contributed by atoms with Crippen LogP contribution in [0, 0.1) is 6.92 Å². The van der Waals surface area contributed by atoms with Gasteiger partial charge in [0.1, 0.15) is 0 Å². The lowest BCUT2D eigenvalue weighted by Crippen LogP contribution is -2.33. The summed E-state index contributed by atoms with van der Waals surface area (Å²) in [6, 6.07) is 9.52. The normalized spacial score (nSPS) is 18.0. The topological polar surface area (TPSA) is 70.4 Å². The van der Waals surface area contributed by atoms with Crippen LogP contribution in [-0.4, -0.2) is 45.0 Å². The Morgan fingerprint density at radius 1 is 1.38 bits per heavy atom. The summed E-state index contributed by atoms with van der Waals surface area (Å²) in [5.41, 5.74) is 1.84. The standard InChI is InChI=1S/C15H18N4O2/c1-11-9-19(12-5-3-2-4-6-12)17-14(11)16-15(21)18-8-7-13(20)10-18/h2-6,9,13,20H,7-8,10H2,1H3,(H,16,17,21)/t13-/m0/s1. The van der Waals surface area contributed by atoms with Crippen LogP contribution in [0.25, 0.3) is 5.69 Å². The number of amides is 2. The van der Waals surface area contributed by atoms with E-state index >= 15 is 0 Å². The lowest BCUT2D eigenvalue weighted by atomic mass is 10.3. The van der Waals surface area contributed by atoms with Gasteiger partial charge in [0.25, 0.3) is 0 Å². The number of rotatable bonds is 2. The number of likely N-dealkylation sites (tertiary alicyclic amines) is 1. The number of nitrogens with zero attached hydrogens (tertiary/aromatic N) is 3. The molecule has 0 aliphatic carbocycles. The molecule has 1 atom stereocenters. The number of urea groups is 1. The van der Waals surface area contributed by atoms with Gasteiger partial charge in [-0.1, -0.05) is 18.2 Å². The minimum Gasteiger partial charge on any atom is -0.391 e. The Morgan fingerprint density at radius 3 is 2.81 bits per heavy atom. The highest BCUT2D eigenvalue weighted by atomic mass is 16.3. The Hall–Kier alpha value is -2.34. The molecule has 1 aliphatic heterocycles. The molecule has 0 spiro atoms. The SMILES string of the molecule is Cc1cn(-c2ccccc2)nc1NC(=O)N1CC[C@H](O)C1. The molecule has 1 saturated heterocycles. The first-order valence-corrected chi connectivity index (χ1v) is 6.99. The molecule has 2 N–H and O–H groups in total. The molecule has 21 heavy (non-hydrogen) atoms. The summed E-state index contributed by atoms with van der Waals surface area (Å²) in [6.45, 7) is 2.86. The van der Waals surface area contributed by atoms with E-state index in [0.29, 0.717) is 25.3 Å². The average molecular weight is 286 g/mol. The molecule has 0 saturated carbocycles. The highest BCUT2D eigenvalue weighted by molar-refractivity contribution is 5.89. The largest absolute Gasteiger partial charge is 0.391 e. The van der Waals surface area contributed by atoms with Gasteiger partial charge in [-0.15, -0.1) is 5.10 Å². The predicted octanol–water partition coefficient (Wildman–Crippen LogP) is 1.78. The average Bonchev–Trinajstić information content (AvgIpc) is 3.07. The third kappa shape index (κ3) is 2.90.